The van der Waals surface area contributed by atoms with E-state index in [1.54, 1.807) is 12.3 Å². The third-order valence-corrected chi connectivity index (χ3v) is 5.27. The van der Waals surface area contributed by atoms with Crippen LogP contribution in [0.2, 0.25) is 0 Å². The molecule has 2 aliphatic carbocycles. The van der Waals surface area contributed by atoms with Crippen molar-refractivity contribution < 1.29 is 4.39 Å². The predicted molar refractivity (Wildman–Crippen MR) is 97.8 cm³/mol. The Morgan fingerprint density at radius 2 is 1.88 bits per heavy atom. The van der Waals surface area contributed by atoms with Crippen LogP contribution in [0.5, 0.6) is 0 Å². The Kier molecular flexibility index (Phi) is 4.77. The number of hydrogen-bond donors (Lipinski definition) is 0. The van der Waals surface area contributed by atoms with Crippen LogP contribution >= 0.6 is 0 Å². The molecule has 2 aromatic heterocycles. The highest BCUT2D eigenvalue weighted by Crippen LogP contribution is 2.35. The zero-order valence-electron chi connectivity index (χ0n) is 14.5. The molecule has 130 valence electrons. The van der Waals surface area contributed by atoms with Crippen molar-refractivity contribution in [2.45, 2.75) is 57.4 Å². The van der Waals surface area contributed by atoms with Gasteiger partial charge in [0, 0.05) is 23.4 Å². The van der Waals surface area contributed by atoms with E-state index < -0.39 is 0 Å². The first-order chi connectivity index (χ1) is 12.3. The molecule has 0 radical (unpaired) electrons. The lowest BCUT2D eigenvalue weighted by Gasteiger charge is -2.23. The molecule has 0 N–H and O–H groups in total. The molecule has 0 saturated heterocycles. The van der Waals surface area contributed by atoms with Crippen LogP contribution in [0.25, 0.3) is 11.4 Å². The first-order valence-electron chi connectivity index (χ1n) is 9.35. The lowest BCUT2D eigenvalue weighted by atomic mass is 9.86. The largest absolute Gasteiger partial charge is 0.264 e. The fraction of sp³-hybridized carbons (Fsp3) is 0.429. The summed E-state index contributed by atoms with van der Waals surface area (Å²) in [6, 6.07) is 8.05. The molecule has 1 fully saturated rings. The Morgan fingerprint density at radius 1 is 1.04 bits per heavy atom. The van der Waals surface area contributed by atoms with Gasteiger partial charge in [0.15, 0.2) is 0 Å². The van der Waals surface area contributed by atoms with E-state index in [-0.39, 0.29) is 5.83 Å². The molecule has 2 heterocycles. The quantitative estimate of drug-likeness (QED) is 0.730. The third kappa shape index (κ3) is 3.58. The van der Waals surface area contributed by atoms with Crippen LogP contribution in [0, 0.1) is 0 Å². The van der Waals surface area contributed by atoms with Gasteiger partial charge in [-0.1, -0.05) is 31.4 Å². The maximum Gasteiger partial charge on any atom is 0.123 e. The monoisotopic (exact) mass is 337 g/mol. The van der Waals surface area contributed by atoms with Crippen LogP contribution in [-0.4, -0.2) is 14.8 Å². The minimum atomic E-state index is -0.0873. The van der Waals surface area contributed by atoms with E-state index >= 15 is 0 Å². The second-order valence-corrected chi connectivity index (χ2v) is 7.02. The van der Waals surface area contributed by atoms with E-state index in [0.29, 0.717) is 12.5 Å². The van der Waals surface area contributed by atoms with Crippen LogP contribution in [0.1, 0.15) is 56.6 Å². The summed E-state index contributed by atoms with van der Waals surface area (Å²) in [6.07, 6.45) is 13.5. The van der Waals surface area contributed by atoms with Gasteiger partial charge in [-0.25, -0.2) is 4.39 Å². The molecule has 2 aromatic rings. The average molecular weight is 337 g/mol. The Morgan fingerprint density at radius 3 is 2.64 bits per heavy atom. The fourth-order valence-corrected chi connectivity index (χ4v) is 3.92. The Balaban J connectivity index is 1.69. The topological polar surface area (TPSA) is 30.7 Å². The summed E-state index contributed by atoms with van der Waals surface area (Å²) in [7, 11) is 0. The van der Waals surface area contributed by atoms with Gasteiger partial charge < -0.3 is 0 Å². The fourth-order valence-electron chi connectivity index (χ4n) is 3.92. The second kappa shape index (κ2) is 7.34. The van der Waals surface area contributed by atoms with E-state index in [1.165, 1.54) is 37.8 Å². The molecule has 3 nitrogen and oxygen atoms in total. The normalized spacial score (nSPS) is 18.8. The Bertz CT molecular complexity index is 783. The summed E-state index contributed by atoms with van der Waals surface area (Å²) in [4.78, 5) is 4.43. The van der Waals surface area contributed by atoms with Crippen LogP contribution in [0.4, 0.5) is 4.39 Å². The highest BCUT2D eigenvalue weighted by atomic mass is 19.1. The van der Waals surface area contributed by atoms with Crippen molar-refractivity contribution in [3.63, 3.8) is 0 Å². The molecule has 0 aromatic carbocycles. The summed E-state index contributed by atoms with van der Waals surface area (Å²) in [5.41, 5.74) is 3.77. The lowest BCUT2D eigenvalue weighted by Crippen LogP contribution is -2.14. The summed E-state index contributed by atoms with van der Waals surface area (Å²) < 4.78 is 16.2. The van der Waals surface area contributed by atoms with Crippen molar-refractivity contribution in [3.8, 4) is 11.4 Å². The zero-order valence-corrected chi connectivity index (χ0v) is 14.5. The van der Waals surface area contributed by atoms with E-state index in [2.05, 4.69) is 11.1 Å². The maximum absolute atomic E-state index is 14.2. The molecule has 4 heteroatoms. The van der Waals surface area contributed by atoms with Gasteiger partial charge in [-0.15, -0.1) is 0 Å². The van der Waals surface area contributed by atoms with Gasteiger partial charge in [-0.3, -0.25) is 9.67 Å². The number of pyridine rings is 1. The van der Waals surface area contributed by atoms with Gasteiger partial charge in [0.2, 0.25) is 0 Å². The molecule has 0 amide bonds. The zero-order chi connectivity index (χ0) is 17.1. The Hall–Kier alpha value is -2.23. The number of nitrogens with zero attached hydrogens (tertiary/aromatic N) is 3. The molecule has 0 bridgehead atoms. The maximum atomic E-state index is 14.2. The number of aromatic nitrogens is 3. The molecule has 0 aliphatic heterocycles. The number of halogens is 1. The van der Waals surface area contributed by atoms with Crippen molar-refractivity contribution in [2.75, 3.05) is 0 Å². The average Bonchev–Trinajstić information content (AvgIpc) is 3.09. The van der Waals surface area contributed by atoms with Gasteiger partial charge in [-0.2, -0.15) is 5.10 Å². The van der Waals surface area contributed by atoms with Crippen molar-refractivity contribution >= 4 is 0 Å². The van der Waals surface area contributed by atoms with Gasteiger partial charge in [0.1, 0.15) is 11.5 Å². The molecule has 4 rings (SSSR count). The van der Waals surface area contributed by atoms with Crippen LogP contribution < -0.4 is 0 Å². The molecule has 0 spiro atoms. The second-order valence-electron chi connectivity index (χ2n) is 7.02. The predicted octanol–water partition coefficient (Wildman–Crippen LogP) is 5.57. The van der Waals surface area contributed by atoms with Crippen LogP contribution in [-0.2, 0) is 6.54 Å². The van der Waals surface area contributed by atoms with Gasteiger partial charge in [-0.05, 0) is 50.0 Å². The molecular formula is C21H24FN3. The molecule has 1 saturated carbocycles. The minimum absolute atomic E-state index is 0.0873. The van der Waals surface area contributed by atoms with Crippen molar-refractivity contribution in [1.29, 1.82) is 0 Å². The van der Waals surface area contributed by atoms with Crippen molar-refractivity contribution in [2.24, 2.45) is 0 Å². The minimum Gasteiger partial charge on any atom is -0.264 e. The van der Waals surface area contributed by atoms with E-state index in [4.69, 9.17) is 5.10 Å². The van der Waals surface area contributed by atoms with Crippen molar-refractivity contribution in [3.05, 3.63) is 59.7 Å². The molecule has 25 heavy (non-hydrogen) atoms. The van der Waals surface area contributed by atoms with Gasteiger partial charge >= 0.3 is 0 Å². The number of rotatable bonds is 4. The third-order valence-electron chi connectivity index (χ3n) is 5.27. The molecule has 0 atom stereocenters. The summed E-state index contributed by atoms with van der Waals surface area (Å²) in [5.74, 6) is 0.436. The lowest BCUT2D eigenvalue weighted by molar-refractivity contribution is 0.418. The van der Waals surface area contributed by atoms with Gasteiger partial charge in [0.05, 0.1) is 12.2 Å². The standard InChI is InChI=1S/C21H24FN3/c22-18-11-5-4-10-17(18)15-25-21(16-8-2-1-3-9-16)14-20(24-25)19-12-6-7-13-23-19/h6-7,10-14,16H,1-5,8-9,15H2. The van der Waals surface area contributed by atoms with Crippen molar-refractivity contribution in [1.82, 2.24) is 14.8 Å². The highest BCUT2D eigenvalue weighted by Gasteiger charge is 2.23. The molecule has 2 aliphatic rings. The smallest absolute Gasteiger partial charge is 0.123 e. The van der Waals surface area contributed by atoms with E-state index in [1.807, 2.05) is 29.0 Å². The summed E-state index contributed by atoms with van der Waals surface area (Å²) in [6.45, 7) is 0.515. The summed E-state index contributed by atoms with van der Waals surface area (Å²) >= 11 is 0. The number of hydrogen-bond acceptors (Lipinski definition) is 2. The van der Waals surface area contributed by atoms with E-state index in [9.17, 15) is 4.39 Å². The van der Waals surface area contributed by atoms with Gasteiger partial charge in [0.25, 0.3) is 0 Å². The summed E-state index contributed by atoms with van der Waals surface area (Å²) in [5, 5.41) is 4.80. The molecule has 0 unspecified atom stereocenters. The number of allylic oxidation sites excluding steroid dienone is 4. The SMILES string of the molecule is FC1=CCCC=C1Cn1nc(-c2ccccn2)cc1C1CCCCC1. The molecular weight excluding hydrogens is 313 g/mol. The first-order valence-corrected chi connectivity index (χ1v) is 9.35. The highest BCUT2D eigenvalue weighted by molar-refractivity contribution is 5.54. The van der Waals surface area contributed by atoms with Crippen LogP contribution in [0.3, 0.4) is 0 Å². The Labute approximate surface area is 148 Å². The van der Waals surface area contributed by atoms with E-state index in [0.717, 1.165) is 29.8 Å². The van der Waals surface area contributed by atoms with Crippen LogP contribution in [0.15, 0.2) is 54.0 Å². The first kappa shape index (κ1) is 16.2.